The van der Waals surface area contributed by atoms with Gasteiger partial charge in [-0.25, -0.2) is 0 Å². The summed E-state index contributed by atoms with van der Waals surface area (Å²) in [6.07, 6.45) is 6.13. The number of amides is 1. The second-order valence-electron chi connectivity index (χ2n) is 13.4. The molecule has 1 aromatic heterocycles. The number of unbranched alkanes of at least 4 members (excludes halogenated alkanes) is 2. The number of aliphatic carboxylic acids is 1. The SMILES string of the molecule is O=C(O)CCCCCNC(=O)Cn1c2c(c3ccccc31)C[C@@]1(O)C3Cc4ccc(O)c5c4C1(CCN3CC1CC1)C2O5. The number of aliphatic hydroxyl groups is 1. The molecule has 226 valence electrons. The first-order chi connectivity index (χ1) is 20.8. The van der Waals surface area contributed by atoms with E-state index in [1.807, 2.05) is 24.3 Å². The van der Waals surface area contributed by atoms with Crippen molar-refractivity contribution in [1.82, 2.24) is 14.8 Å². The molecule has 3 heterocycles. The molecule has 0 radical (unpaired) electrons. The summed E-state index contributed by atoms with van der Waals surface area (Å²) < 4.78 is 8.87. The van der Waals surface area contributed by atoms with E-state index in [4.69, 9.17) is 9.84 Å². The molecule has 43 heavy (non-hydrogen) atoms. The van der Waals surface area contributed by atoms with Gasteiger partial charge < -0.3 is 29.9 Å². The number of ether oxygens (including phenoxy) is 1. The number of fused-ring (bicyclic) bond motifs is 4. The van der Waals surface area contributed by atoms with Crippen LogP contribution in [0.15, 0.2) is 36.4 Å². The Kier molecular flexibility index (Phi) is 6.11. The summed E-state index contributed by atoms with van der Waals surface area (Å²) in [5.41, 5.74) is 3.24. The van der Waals surface area contributed by atoms with Gasteiger partial charge in [-0.05, 0) is 74.2 Å². The molecule has 3 aliphatic carbocycles. The first kappa shape index (κ1) is 27.0. The predicted octanol–water partition coefficient (Wildman–Crippen LogP) is 3.81. The van der Waals surface area contributed by atoms with E-state index in [1.165, 1.54) is 12.8 Å². The molecular weight excluding hydrogens is 546 g/mol. The first-order valence-electron chi connectivity index (χ1n) is 15.9. The van der Waals surface area contributed by atoms with Crippen LogP contribution in [0.4, 0.5) is 0 Å². The van der Waals surface area contributed by atoms with Crippen molar-refractivity contribution >= 4 is 22.8 Å². The number of rotatable bonds is 10. The van der Waals surface area contributed by atoms with Gasteiger partial charge in [0.05, 0.1) is 16.7 Å². The van der Waals surface area contributed by atoms with Crippen molar-refractivity contribution in [3.63, 3.8) is 0 Å². The zero-order chi connectivity index (χ0) is 29.5. The van der Waals surface area contributed by atoms with E-state index in [0.717, 1.165) is 72.1 Å². The number of carboxylic acids is 1. The number of para-hydroxylation sites is 1. The molecule has 3 aromatic rings. The van der Waals surface area contributed by atoms with Crippen molar-refractivity contribution in [2.45, 2.75) is 87.5 Å². The molecule has 1 saturated carbocycles. The van der Waals surface area contributed by atoms with Crippen LogP contribution in [0.5, 0.6) is 11.5 Å². The Hall–Kier alpha value is -3.56. The number of nitrogens with one attached hydrogen (secondary N) is 1. The monoisotopic (exact) mass is 585 g/mol. The molecule has 2 aliphatic heterocycles. The average molecular weight is 586 g/mol. The van der Waals surface area contributed by atoms with Gasteiger partial charge in [0.1, 0.15) is 6.54 Å². The number of benzene rings is 2. The van der Waals surface area contributed by atoms with E-state index in [2.05, 4.69) is 20.9 Å². The van der Waals surface area contributed by atoms with Crippen molar-refractivity contribution in [1.29, 1.82) is 0 Å². The molecule has 3 unspecified atom stereocenters. The molecule has 2 bridgehead atoms. The van der Waals surface area contributed by atoms with Crippen LogP contribution >= 0.6 is 0 Å². The lowest BCUT2D eigenvalue weighted by molar-refractivity contribution is -0.173. The van der Waals surface area contributed by atoms with E-state index in [0.29, 0.717) is 31.1 Å². The number of piperidine rings is 1. The fraction of sp³-hybridized carbons (Fsp3) is 0.529. The van der Waals surface area contributed by atoms with E-state index < -0.39 is 23.1 Å². The number of hydrogen-bond donors (Lipinski definition) is 4. The molecule has 5 aliphatic rings. The fourth-order valence-corrected chi connectivity index (χ4v) is 8.98. The standard InChI is InChI=1S/C34H39N3O6/c38-25-12-11-21-16-26-34(42)17-23-22-6-3-4-7-24(22)37(19-27(39)35-14-5-1-2-8-28(40)41)30(23)32-33(34,29(21)31(25)43-32)13-15-36(26)18-20-9-10-20/h3-4,6-7,11-12,20,26,32,38,42H,1-2,5,8-10,13-19H2,(H,35,39)(H,40,41)/t26?,32?,33?,34-/m1/s1. The number of phenolic OH excluding ortho intramolecular Hbond substituents is 1. The number of carbonyl (C=O) groups is 2. The molecule has 1 saturated heterocycles. The summed E-state index contributed by atoms with van der Waals surface area (Å²) in [7, 11) is 0. The second-order valence-corrected chi connectivity index (χ2v) is 13.4. The first-order valence-corrected chi connectivity index (χ1v) is 15.9. The number of aromatic nitrogens is 1. The molecule has 9 nitrogen and oxygen atoms in total. The summed E-state index contributed by atoms with van der Waals surface area (Å²) in [5.74, 6) is 0.398. The zero-order valence-electron chi connectivity index (χ0n) is 24.3. The van der Waals surface area contributed by atoms with Gasteiger partial charge in [0.25, 0.3) is 0 Å². The van der Waals surface area contributed by atoms with Crippen molar-refractivity contribution < 1.29 is 29.6 Å². The van der Waals surface area contributed by atoms with E-state index in [9.17, 15) is 19.8 Å². The zero-order valence-corrected chi connectivity index (χ0v) is 24.3. The lowest BCUT2D eigenvalue weighted by Gasteiger charge is -2.63. The minimum absolute atomic E-state index is 0.0457. The van der Waals surface area contributed by atoms with Crippen LogP contribution in [0, 0.1) is 5.92 Å². The Balaban J connectivity index is 1.19. The molecular formula is C34H39N3O6. The van der Waals surface area contributed by atoms with E-state index >= 15 is 0 Å². The van der Waals surface area contributed by atoms with Crippen molar-refractivity contribution in [2.24, 2.45) is 5.92 Å². The highest BCUT2D eigenvalue weighted by atomic mass is 16.5. The van der Waals surface area contributed by atoms with Gasteiger partial charge in [0.15, 0.2) is 17.6 Å². The van der Waals surface area contributed by atoms with Gasteiger partial charge >= 0.3 is 5.97 Å². The molecule has 4 atom stereocenters. The van der Waals surface area contributed by atoms with Crippen molar-refractivity contribution in [3.05, 3.63) is 58.8 Å². The smallest absolute Gasteiger partial charge is 0.303 e. The van der Waals surface area contributed by atoms with Crippen LogP contribution in [-0.2, 0) is 34.4 Å². The Labute approximate surface area is 250 Å². The topological polar surface area (TPSA) is 124 Å². The van der Waals surface area contributed by atoms with E-state index in [1.54, 1.807) is 6.07 Å². The molecule has 1 amide bonds. The van der Waals surface area contributed by atoms with Gasteiger partial charge in [-0.15, -0.1) is 0 Å². The number of nitrogens with zero attached hydrogens (tertiary/aromatic N) is 2. The molecule has 4 N–H and O–H groups in total. The highest BCUT2D eigenvalue weighted by molar-refractivity contribution is 5.89. The lowest BCUT2D eigenvalue weighted by atomic mass is 9.49. The maximum atomic E-state index is 13.3. The Bertz CT molecular complexity index is 1640. The largest absolute Gasteiger partial charge is 0.504 e. The second kappa shape index (κ2) is 9.72. The summed E-state index contributed by atoms with van der Waals surface area (Å²) >= 11 is 0. The van der Waals surface area contributed by atoms with Gasteiger partial charge in [0.2, 0.25) is 5.91 Å². The maximum absolute atomic E-state index is 13.3. The highest BCUT2D eigenvalue weighted by Gasteiger charge is 2.73. The number of carboxylic acid groups (broad SMARTS) is 1. The summed E-state index contributed by atoms with van der Waals surface area (Å²) in [6, 6.07) is 11.8. The molecule has 1 spiro atoms. The van der Waals surface area contributed by atoms with Crippen LogP contribution in [0.1, 0.15) is 73.4 Å². The fourth-order valence-electron chi connectivity index (χ4n) is 8.98. The van der Waals surface area contributed by atoms with Crippen molar-refractivity contribution in [3.8, 4) is 11.5 Å². The van der Waals surface area contributed by atoms with Crippen molar-refractivity contribution in [2.75, 3.05) is 19.6 Å². The molecule has 2 aromatic carbocycles. The third-order valence-electron chi connectivity index (χ3n) is 11.0. The summed E-state index contributed by atoms with van der Waals surface area (Å²) in [6.45, 7) is 2.49. The molecule has 9 heteroatoms. The Morgan fingerprint density at radius 1 is 1.09 bits per heavy atom. The van der Waals surface area contributed by atoms with Crippen LogP contribution in [-0.4, -0.2) is 67.9 Å². The average Bonchev–Trinajstić information content (AvgIpc) is 3.66. The van der Waals surface area contributed by atoms with Crippen LogP contribution < -0.4 is 10.1 Å². The quantitative estimate of drug-likeness (QED) is 0.267. The van der Waals surface area contributed by atoms with Gasteiger partial charge in [-0.1, -0.05) is 30.7 Å². The summed E-state index contributed by atoms with van der Waals surface area (Å²) in [4.78, 5) is 26.7. The minimum atomic E-state index is -1.07. The summed E-state index contributed by atoms with van der Waals surface area (Å²) in [5, 5.41) is 37.1. The molecule has 8 rings (SSSR count). The minimum Gasteiger partial charge on any atom is -0.504 e. The van der Waals surface area contributed by atoms with Gasteiger partial charge in [0, 0.05) is 48.4 Å². The number of aromatic hydroxyl groups is 1. The van der Waals surface area contributed by atoms with Gasteiger partial charge in [-0.3, -0.25) is 14.5 Å². The molecule has 2 fully saturated rings. The van der Waals surface area contributed by atoms with Crippen LogP contribution in [0.3, 0.4) is 0 Å². The Morgan fingerprint density at radius 3 is 2.74 bits per heavy atom. The lowest BCUT2D eigenvalue weighted by Crippen LogP contribution is -2.74. The third kappa shape index (κ3) is 3.90. The van der Waals surface area contributed by atoms with Crippen LogP contribution in [0.2, 0.25) is 0 Å². The Morgan fingerprint density at radius 2 is 1.93 bits per heavy atom. The number of hydrogen-bond acceptors (Lipinski definition) is 6. The highest BCUT2D eigenvalue weighted by Crippen LogP contribution is 2.69. The number of carbonyl (C=O) groups excluding carboxylic acids is 1. The van der Waals surface area contributed by atoms with Crippen LogP contribution in [0.25, 0.3) is 10.9 Å². The predicted molar refractivity (Wildman–Crippen MR) is 159 cm³/mol. The van der Waals surface area contributed by atoms with Gasteiger partial charge in [-0.2, -0.15) is 0 Å². The number of phenols is 1. The third-order valence-corrected chi connectivity index (χ3v) is 11.0. The maximum Gasteiger partial charge on any atom is 0.303 e. The normalized spacial score (nSPS) is 28.3. The number of likely N-dealkylation sites (tertiary alicyclic amines) is 1. The van der Waals surface area contributed by atoms with E-state index in [-0.39, 0.29) is 30.7 Å².